The second-order valence-electron chi connectivity index (χ2n) is 8.00. The van der Waals surface area contributed by atoms with Gasteiger partial charge in [0.15, 0.2) is 6.23 Å². The van der Waals surface area contributed by atoms with Crippen molar-refractivity contribution in [2.24, 2.45) is 0 Å². The maximum Gasteiger partial charge on any atom is 0.264 e. The molecule has 0 radical (unpaired) electrons. The summed E-state index contributed by atoms with van der Waals surface area (Å²) in [4.78, 5) is 19.2. The third-order valence-electron chi connectivity index (χ3n) is 5.88. The average Bonchev–Trinajstić information content (AvgIpc) is 3.48. The standard InChI is InChI=1S/C22H26N6O2/c29-22-18(19-15-24-28(26-19)21-9-3-4-13-30-21)8-5-12-27(22)17-10-11-20(23-14-17)25-16-6-1-2-7-16/h5,8,10-12,14-16,21H,1-4,6-7,9,13H2,(H,23,25). The lowest BCUT2D eigenvalue weighted by Gasteiger charge is -2.21. The summed E-state index contributed by atoms with van der Waals surface area (Å²) in [6, 6.07) is 7.98. The number of nitrogens with zero attached hydrogens (tertiary/aromatic N) is 5. The highest BCUT2D eigenvalue weighted by Crippen LogP contribution is 2.23. The molecule has 8 heteroatoms. The Bertz CT molecular complexity index is 1050. The fraction of sp³-hybridized carbons (Fsp3) is 0.455. The van der Waals surface area contributed by atoms with Gasteiger partial charge in [-0.2, -0.15) is 15.0 Å². The van der Waals surface area contributed by atoms with Crippen LogP contribution in [0.3, 0.4) is 0 Å². The van der Waals surface area contributed by atoms with Gasteiger partial charge in [-0.15, -0.1) is 0 Å². The van der Waals surface area contributed by atoms with Crippen molar-refractivity contribution < 1.29 is 4.74 Å². The predicted octanol–water partition coefficient (Wildman–Crippen LogP) is 3.54. The van der Waals surface area contributed by atoms with E-state index in [9.17, 15) is 4.79 Å². The van der Waals surface area contributed by atoms with Gasteiger partial charge in [0.2, 0.25) is 0 Å². The van der Waals surface area contributed by atoms with E-state index in [4.69, 9.17) is 4.74 Å². The number of rotatable bonds is 5. The van der Waals surface area contributed by atoms with Gasteiger partial charge in [0.05, 0.1) is 23.6 Å². The average molecular weight is 406 g/mol. The van der Waals surface area contributed by atoms with Gasteiger partial charge in [0.25, 0.3) is 5.56 Å². The van der Waals surface area contributed by atoms with Crippen molar-refractivity contribution in [3.05, 3.63) is 53.2 Å². The molecule has 1 unspecified atom stereocenters. The van der Waals surface area contributed by atoms with Crippen LogP contribution >= 0.6 is 0 Å². The van der Waals surface area contributed by atoms with Gasteiger partial charge in [0.1, 0.15) is 11.5 Å². The van der Waals surface area contributed by atoms with Crippen molar-refractivity contribution >= 4 is 5.82 Å². The molecule has 0 bridgehead atoms. The molecular weight excluding hydrogens is 380 g/mol. The molecule has 2 fully saturated rings. The summed E-state index contributed by atoms with van der Waals surface area (Å²) in [5.74, 6) is 0.852. The van der Waals surface area contributed by atoms with Crippen molar-refractivity contribution in [2.45, 2.75) is 57.2 Å². The van der Waals surface area contributed by atoms with Gasteiger partial charge in [-0.25, -0.2) is 4.98 Å². The van der Waals surface area contributed by atoms with E-state index in [0.29, 0.717) is 17.3 Å². The van der Waals surface area contributed by atoms with Crippen molar-refractivity contribution in [2.75, 3.05) is 11.9 Å². The van der Waals surface area contributed by atoms with Crippen LogP contribution in [0.15, 0.2) is 47.7 Å². The number of ether oxygens (including phenoxy) is 1. The molecular formula is C22H26N6O2. The number of aromatic nitrogens is 5. The van der Waals surface area contributed by atoms with Crippen LogP contribution in [0.2, 0.25) is 0 Å². The lowest BCUT2D eigenvalue weighted by Crippen LogP contribution is -2.21. The molecule has 3 aromatic rings. The summed E-state index contributed by atoms with van der Waals surface area (Å²) >= 11 is 0. The minimum atomic E-state index is -0.150. The van der Waals surface area contributed by atoms with Gasteiger partial charge in [-0.05, 0) is 56.4 Å². The number of anilines is 1. The summed E-state index contributed by atoms with van der Waals surface area (Å²) in [6.07, 6.45) is 12.9. The van der Waals surface area contributed by atoms with Gasteiger partial charge >= 0.3 is 0 Å². The number of hydrogen-bond acceptors (Lipinski definition) is 6. The molecule has 0 aromatic carbocycles. The van der Waals surface area contributed by atoms with Gasteiger partial charge in [0, 0.05) is 18.8 Å². The Morgan fingerprint density at radius 2 is 1.90 bits per heavy atom. The second kappa shape index (κ2) is 8.39. The number of hydrogen-bond donors (Lipinski definition) is 1. The van der Waals surface area contributed by atoms with E-state index in [-0.39, 0.29) is 11.8 Å². The zero-order chi connectivity index (χ0) is 20.3. The van der Waals surface area contributed by atoms with Crippen LogP contribution in [-0.2, 0) is 4.74 Å². The summed E-state index contributed by atoms with van der Waals surface area (Å²) in [5.41, 5.74) is 1.64. The van der Waals surface area contributed by atoms with E-state index in [1.54, 1.807) is 34.0 Å². The predicted molar refractivity (Wildman–Crippen MR) is 114 cm³/mol. The monoisotopic (exact) mass is 406 g/mol. The second-order valence-corrected chi connectivity index (χ2v) is 8.00. The van der Waals surface area contributed by atoms with Gasteiger partial charge < -0.3 is 10.1 Å². The molecule has 5 rings (SSSR count). The molecule has 1 saturated carbocycles. The Balaban J connectivity index is 1.38. The number of nitrogens with one attached hydrogen (secondary N) is 1. The third kappa shape index (κ3) is 3.87. The van der Waals surface area contributed by atoms with E-state index in [0.717, 1.165) is 37.4 Å². The molecule has 1 saturated heterocycles. The van der Waals surface area contributed by atoms with Crippen molar-refractivity contribution in [1.29, 1.82) is 0 Å². The minimum Gasteiger partial charge on any atom is -0.367 e. The Morgan fingerprint density at radius 3 is 2.67 bits per heavy atom. The van der Waals surface area contributed by atoms with Crippen LogP contribution in [-0.4, -0.2) is 37.2 Å². The number of pyridine rings is 2. The van der Waals surface area contributed by atoms with E-state index in [2.05, 4.69) is 20.5 Å². The molecule has 0 spiro atoms. The maximum atomic E-state index is 13.1. The van der Waals surface area contributed by atoms with E-state index >= 15 is 0 Å². The van der Waals surface area contributed by atoms with Crippen LogP contribution in [0, 0.1) is 0 Å². The summed E-state index contributed by atoms with van der Waals surface area (Å²) in [5, 5.41) is 12.3. The molecule has 3 aromatic heterocycles. The van der Waals surface area contributed by atoms with Crippen LogP contribution in [0.1, 0.15) is 51.2 Å². The largest absolute Gasteiger partial charge is 0.367 e. The molecule has 1 atom stereocenters. The topological polar surface area (TPSA) is 86.9 Å². The smallest absolute Gasteiger partial charge is 0.264 e. The molecule has 30 heavy (non-hydrogen) atoms. The zero-order valence-electron chi connectivity index (χ0n) is 16.9. The molecule has 4 heterocycles. The highest BCUT2D eigenvalue weighted by molar-refractivity contribution is 5.57. The van der Waals surface area contributed by atoms with Crippen LogP contribution in [0.5, 0.6) is 0 Å². The molecule has 1 N–H and O–H groups in total. The lowest BCUT2D eigenvalue weighted by molar-refractivity contribution is -0.0479. The molecule has 0 amide bonds. The first-order valence-electron chi connectivity index (χ1n) is 10.8. The normalized spacial score (nSPS) is 19.8. The van der Waals surface area contributed by atoms with Crippen molar-refractivity contribution in [1.82, 2.24) is 24.5 Å². The first-order valence-corrected chi connectivity index (χ1v) is 10.8. The Kier molecular flexibility index (Phi) is 5.31. The first-order chi connectivity index (χ1) is 14.8. The van der Waals surface area contributed by atoms with Crippen molar-refractivity contribution in [3.8, 4) is 16.9 Å². The van der Waals surface area contributed by atoms with E-state index in [1.807, 2.05) is 18.2 Å². The maximum absolute atomic E-state index is 13.1. The summed E-state index contributed by atoms with van der Waals surface area (Å²) < 4.78 is 7.33. The van der Waals surface area contributed by atoms with Crippen molar-refractivity contribution in [3.63, 3.8) is 0 Å². The molecule has 156 valence electrons. The highest BCUT2D eigenvalue weighted by Gasteiger charge is 2.19. The molecule has 8 nitrogen and oxygen atoms in total. The Labute approximate surface area is 174 Å². The fourth-order valence-corrected chi connectivity index (χ4v) is 4.23. The lowest BCUT2D eigenvalue weighted by atomic mass is 10.2. The zero-order valence-corrected chi connectivity index (χ0v) is 16.9. The summed E-state index contributed by atoms with van der Waals surface area (Å²) in [6.45, 7) is 0.721. The van der Waals surface area contributed by atoms with E-state index < -0.39 is 0 Å². The van der Waals surface area contributed by atoms with Crippen LogP contribution in [0.25, 0.3) is 16.9 Å². The molecule has 1 aliphatic carbocycles. The van der Waals surface area contributed by atoms with Gasteiger partial charge in [-0.1, -0.05) is 12.8 Å². The first kappa shape index (κ1) is 19.0. The third-order valence-corrected chi connectivity index (χ3v) is 5.88. The SMILES string of the molecule is O=c1c(-c2cnn(C3CCCCO3)n2)cccn1-c1ccc(NC2CCCC2)nc1. The Morgan fingerprint density at radius 1 is 1.03 bits per heavy atom. The molecule has 2 aliphatic rings. The fourth-order valence-electron chi connectivity index (χ4n) is 4.23. The quantitative estimate of drug-likeness (QED) is 0.697. The van der Waals surface area contributed by atoms with Crippen LogP contribution in [0.4, 0.5) is 5.82 Å². The van der Waals surface area contributed by atoms with Crippen LogP contribution < -0.4 is 10.9 Å². The summed E-state index contributed by atoms with van der Waals surface area (Å²) in [7, 11) is 0. The van der Waals surface area contributed by atoms with Gasteiger partial charge in [-0.3, -0.25) is 9.36 Å². The minimum absolute atomic E-state index is 0.146. The highest BCUT2D eigenvalue weighted by atomic mass is 16.5. The Hall–Kier alpha value is -3.00. The van der Waals surface area contributed by atoms with E-state index in [1.165, 1.54) is 25.7 Å². The molecule has 1 aliphatic heterocycles.